The molecule has 0 radical (unpaired) electrons. The van der Waals surface area contributed by atoms with Crippen molar-refractivity contribution in [2.24, 2.45) is 5.92 Å². The van der Waals surface area contributed by atoms with Gasteiger partial charge in [0.15, 0.2) is 0 Å². The van der Waals surface area contributed by atoms with E-state index in [0.29, 0.717) is 12.3 Å². The van der Waals surface area contributed by atoms with E-state index in [-0.39, 0.29) is 17.8 Å². The second-order valence-corrected chi connectivity index (χ2v) is 9.72. The molecule has 1 aliphatic heterocycles. The van der Waals surface area contributed by atoms with Gasteiger partial charge in [-0.15, -0.1) is 0 Å². The molecule has 3 unspecified atom stereocenters. The second kappa shape index (κ2) is 12.9. The highest BCUT2D eigenvalue weighted by atomic mass is 16.5. The molecular weight excluding hydrogens is 434 g/mol. The topological polar surface area (TPSA) is 108 Å². The standard InChI is InChI=1S/C26H41N3O5/c1-6-26(13-8-9-14-29(5)17-26)19-11-10-12-20(15-19)34-25(33)21(27-7-2)16-22(30)28-23(18(3)4)24(31)32/h10-12,15,18,21,23,27H,6-9,13-14,16-17H2,1-5H3,(H,28,30)(H,31,32). The monoisotopic (exact) mass is 475 g/mol. The van der Waals surface area contributed by atoms with Gasteiger partial charge >= 0.3 is 11.9 Å². The average Bonchev–Trinajstić information content (AvgIpc) is 2.98. The van der Waals surface area contributed by atoms with Crippen LogP contribution in [0.2, 0.25) is 0 Å². The number of hydrogen-bond acceptors (Lipinski definition) is 6. The molecule has 1 aromatic rings. The van der Waals surface area contributed by atoms with E-state index in [1.165, 1.54) is 6.42 Å². The normalized spacial score (nSPS) is 20.9. The van der Waals surface area contributed by atoms with E-state index in [9.17, 15) is 19.5 Å². The molecule has 0 saturated carbocycles. The minimum Gasteiger partial charge on any atom is -0.480 e. The Hall–Kier alpha value is -2.45. The lowest BCUT2D eigenvalue weighted by molar-refractivity contribution is -0.143. The van der Waals surface area contributed by atoms with Crippen LogP contribution in [0.5, 0.6) is 5.75 Å². The molecule has 0 bridgehead atoms. The van der Waals surface area contributed by atoms with Gasteiger partial charge in [0.2, 0.25) is 5.91 Å². The fraction of sp³-hybridized carbons (Fsp3) is 0.654. The highest BCUT2D eigenvalue weighted by Crippen LogP contribution is 2.37. The third kappa shape index (κ3) is 7.53. The summed E-state index contributed by atoms with van der Waals surface area (Å²) >= 11 is 0. The van der Waals surface area contributed by atoms with Gasteiger partial charge in [-0.1, -0.05) is 46.2 Å². The molecule has 3 atom stereocenters. The molecule has 1 fully saturated rings. The zero-order valence-corrected chi connectivity index (χ0v) is 21.2. The largest absolute Gasteiger partial charge is 0.480 e. The zero-order valence-electron chi connectivity index (χ0n) is 21.2. The van der Waals surface area contributed by atoms with Gasteiger partial charge in [0, 0.05) is 12.0 Å². The van der Waals surface area contributed by atoms with Crippen LogP contribution in [0.4, 0.5) is 0 Å². The molecule has 1 amide bonds. The van der Waals surface area contributed by atoms with Crippen LogP contribution in [-0.4, -0.2) is 66.6 Å². The first kappa shape index (κ1) is 27.8. The summed E-state index contributed by atoms with van der Waals surface area (Å²) in [5.74, 6) is -1.99. The van der Waals surface area contributed by atoms with Gasteiger partial charge in [0.25, 0.3) is 0 Å². The Morgan fingerprint density at radius 2 is 1.94 bits per heavy atom. The first-order chi connectivity index (χ1) is 16.1. The Labute approximate surface area is 203 Å². The highest BCUT2D eigenvalue weighted by molar-refractivity contribution is 5.88. The van der Waals surface area contributed by atoms with Crippen molar-refractivity contribution in [1.82, 2.24) is 15.5 Å². The Balaban J connectivity index is 2.14. The summed E-state index contributed by atoms with van der Waals surface area (Å²) in [4.78, 5) is 39.2. The number of likely N-dealkylation sites (tertiary alicyclic amines) is 1. The summed E-state index contributed by atoms with van der Waals surface area (Å²) in [6, 6.07) is 5.84. The van der Waals surface area contributed by atoms with Crippen molar-refractivity contribution in [1.29, 1.82) is 0 Å². The maximum absolute atomic E-state index is 12.9. The Kier molecular flexibility index (Phi) is 10.5. The minimum atomic E-state index is -1.10. The van der Waals surface area contributed by atoms with Crippen LogP contribution in [0, 0.1) is 5.92 Å². The Morgan fingerprint density at radius 3 is 2.56 bits per heavy atom. The number of nitrogens with one attached hydrogen (secondary N) is 2. The number of hydrogen-bond donors (Lipinski definition) is 3. The van der Waals surface area contributed by atoms with Crippen molar-refractivity contribution >= 4 is 17.8 Å². The number of amides is 1. The molecular formula is C26H41N3O5. The molecule has 0 spiro atoms. The maximum atomic E-state index is 12.9. The molecule has 0 aromatic heterocycles. The van der Waals surface area contributed by atoms with Gasteiger partial charge in [-0.2, -0.15) is 0 Å². The first-order valence-corrected chi connectivity index (χ1v) is 12.4. The van der Waals surface area contributed by atoms with Crippen molar-refractivity contribution in [2.75, 3.05) is 26.7 Å². The van der Waals surface area contributed by atoms with E-state index in [0.717, 1.165) is 37.9 Å². The summed E-state index contributed by atoms with van der Waals surface area (Å²) in [5.41, 5.74) is 1.17. The zero-order chi connectivity index (χ0) is 25.3. The van der Waals surface area contributed by atoms with Crippen LogP contribution in [0.15, 0.2) is 24.3 Å². The van der Waals surface area contributed by atoms with Crippen LogP contribution in [0.1, 0.15) is 65.4 Å². The summed E-state index contributed by atoms with van der Waals surface area (Å²) in [7, 11) is 2.15. The number of carbonyl (C=O) groups excluding carboxylic acids is 2. The molecule has 3 N–H and O–H groups in total. The van der Waals surface area contributed by atoms with Gasteiger partial charge in [-0.05, 0) is 63.0 Å². The number of esters is 1. The summed E-state index contributed by atoms with van der Waals surface area (Å²) in [5, 5.41) is 14.8. The molecule has 8 nitrogen and oxygen atoms in total. The smallest absolute Gasteiger partial charge is 0.329 e. The third-order valence-corrected chi connectivity index (χ3v) is 6.73. The van der Waals surface area contributed by atoms with Crippen molar-refractivity contribution in [3.63, 3.8) is 0 Å². The lowest BCUT2D eigenvalue weighted by Gasteiger charge is -2.35. The van der Waals surface area contributed by atoms with Gasteiger partial charge in [-0.3, -0.25) is 4.79 Å². The van der Waals surface area contributed by atoms with Crippen molar-refractivity contribution in [3.8, 4) is 5.75 Å². The molecule has 8 heteroatoms. The number of likely N-dealkylation sites (N-methyl/N-ethyl adjacent to an activating group) is 2. The first-order valence-electron chi connectivity index (χ1n) is 12.4. The maximum Gasteiger partial charge on any atom is 0.329 e. The number of carboxylic acids is 1. The average molecular weight is 476 g/mol. The van der Waals surface area contributed by atoms with Crippen molar-refractivity contribution < 1.29 is 24.2 Å². The lowest BCUT2D eigenvalue weighted by atomic mass is 9.74. The number of rotatable bonds is 11. The van der Waals surface area contributed by atoms with E-state index in [1.807, 2.05) is 19.1 Å². The van der Waals surface area contributed by atoms with Gasteiger partial charge in [0.05, 0.1) is 6.42 Å². The Bertz CT molecular complexity index is 843. The van der Waals surface area contributed by atoms with Crippen molar-refractivity contribution in [3.05, 3.63) is 29.8 Å². The number of nitrogens with zero attached hydrogens (tertiary/aromatic N) is 1. The fourth-order valence-corrected chi connectivity index (χ4v) is 4.74. The second-order valence-electron chi connectivity index (χ2n) is 9.72. The number of aliphatic carboxylic acids is 1. The molecule has 34 heavy (non-hydrogen) atoms. The van der Waals surface area contributed by atoms with Crippen LogP contribution in [0.3, 0.4) is 0 Å². The van der Waals surface area contributed by atoms with Crippen LogP contribution < -0.4 is 15.4 Å². The molecule has 1 aromatic carbocycles. The number of benzene rings is 1. The van der Waals surface area contributed by atoms with Crippen LogP contribution >= 0.6 is 0 Å². The minimum absolute atomic E-state index is 0.0112. The summed E-state index contributed by atoms with van der Waals surface area (Å²) in [6.07, 6.45) is 4.22. The van der Waals surface area contributed by atoms with Crippen molar-refractivity contribution in [2.45, 2.75) is 77.3 Å². The molecule has 1 heterocycles. The third-order valence-electron chi connectivity index (χ3n) is 6.73. The van der Waals surface area contributed by atoms with E-state index >= 15 is 0 Å². The van der Waals surface area contributed by atoms with E-state index in [1.54, 1.807) is 19.9 Å². The number of carbonyl (C=O) groups is 3. The predicted molar refractivity (Wildman–Crippen MR) is 132 cm³/mol. The summed E-state index contributed by atoms with van der Waals surface area (Å²) in [6.45, 7) is 9.99. The molecule has 1 saturated heterocycles. The number of ether oxygens (including phenoxy) is 1. The van der Waals surface area contributed by atoms with Crippen LogP contribution in [-0.2, 0) is 19.8 Å². The predicted octanol–water partition coefficient (Wildman–Crippen LogP) is 2.95. The van der Waals surface area contributed by atoms with E-state index < -0.39 is 29.9 Å². The summed E-state index contributed by atoms with van der Waals surface area (Å²) < 4.78 is 5.70. The Morgan fingerprint density at radius 1 is 1.21 bits per heavy atom. The lowest BCUT2D eigenvalue weighted by Crippen LogP contribution is -2.48. The fourth-order valence-electron chi connectivity index (χ4n) is 4.74. The molecule has 190 valence electrons. The van der Waals surface area contributed by atoms with Gasteiger partial charge < -0.3 is 25.4 Å². The molecule has 0 aliphatic carbocycles. The molecule has 2 rings (SSSR count). The van der Waals surface area contributed by atoms with Crippen LogP contribution in [0.25, 0.3) is 0 Å². The van der Waals surface area contributed by atoms with Gasteiger partial charge in [-0.25, -0.2) is 9.59 Å². The van der Waals surface area contributed by atoms with Gasteiger partial charge in [0.1, 0.15) is 17.8 Å². The SMILES string of the molecule is CCNC(CC(=O)NC(C(=O)O)C(C)C)C(=O)Oc1cccc(C2(CC)CCCCN(C)C2)c1. The van der Waals surface area contributed by atoms with E-state index in [4.69, 9.17) is 4.74 Å². The van der Waals surface area contributed by atoms with E-state index in [2.05, 4.69) is 35.6 Å². The highest BCUT2D eigenvalue weighted by Gasteiger charge is 2.34. The molecule has 1 aliphatic rings. The quantitative estimate of drug-likeness (QED) is 0.334. The number of carboxylic acid groups (broad SMARTS) is 1.